The van der Waals surface area contributed by atoms with Crippen LogP contribution in [-0.2, 0) is 44.7 Å². The second kappa shape index (κ2) is 20.3. The number of carbonyl (C=O) groups excluding carboxylic acids is 3. The molecule has 1 aromatic heterocycles. The zero-order chi connectivity index (χ0) is 35.8. The van der Waals surface area contributed by atoms with Gasteiger partial charge in [0, 0.05) is 26.1 Å². The third-order valence-electron chi connectivity index (χ3n) is 7.83. The van der Waals surface area contributed by atoms with Crippen molar-refractivity contribution in [2.75, 3.05) is 65.9 Å². The Labute approximate surface area is 291 Å². The average Bonchev–Trinajstić information content (AvgIpc) is 3.67. The Morgan fingerprint density at radius 3 is 2.02 bits per heavy atom. The molecule has 1 aliphatic heterocycles. The maximum Gasteiger partial charge on any atom is 0.305 e. The summed E-state index contributed by atoms with van der Waals surface area (Å²) in [6.07, 6.45) is -1.02. The topological polar surface area (TPSA) is 186 Å². The summed E-state index contributed by atoms with van der Waals surface area (Å²) in [5, 5.41) is 25.0. The number of aliphatic hydroxyl groups is 1. The van der Waals surface area contributed by atoms with Gasteiger partial charge in [0.1, 0.15) is 6.04 Å². The van der Waals surface area contributed by atoms with Crippen LogP contribution in [0.2, 0.25) is 0 Å². The first-order valence-electron chi connectivity index (χ1n) is 16.4. The molecule has 3 rings (SSSR count). The Morgan fingerprint density at radius 1 is 0.918 bits per heavy atom. The summed E-state index contributed by atoms with van der Waals surface area (Å²) in [5.41, 5.74) is 4.13. The highest BCUT2D eigenvalue weighted by Crippen LogP contribution is 2.28. The summed E-state index contributed by atoms with van der Waals surface area (Å²) in [6.45, 7) is 10.1. The molecule has 0 aliphatic carbocycles. The second-order valence-electron chi connectivity index (χ2n) is 12.8. The SMILES string of the molecule is Cc1ncsc1-c1ccc(CNC(=O)[C@H]2CN(C(=O)[C@@H](NC(=O)CCOCCOCCOCCOCCC(=O)O)C(C)(C)C)C[C@@H]2O)cc1. The van der Waals surface area contributed by atoms with E-state index in [0.29, 0.717) is 33.0 Å². The van der Waals surface area contributed by atoms with Crippen LogP contribution in [0.3, 0.4) is 0 Å². The summed E-state index contributed by atoms with van der Waals surface area (Å²) < 4.78 is 21.4. The number of carbonyl (C=O) groups is 4. The average molecular weight is 707 g/mol. The van der Waals surface area contributed by atoms with Crippen molar-refractivity contribution in [1.29, 1.82) is 0 Å². The highest BCUT2D eigenvalue weighted by Gasteiger charge is 2.43. The molecule has 1 saturated heterocycles. The van der Waals surface area contributed by atoms with Gasteiger partial charge in [-0.3, -0.25) is 19.2 Å². The number of likely N-dealkylation sites (tertiary alicyclic amines) is 1. The maximum absolute atomic E-state index is 13.6. The van der Waals surface area contributed by atoms with Gasteiger partial charge in [0.15, 0.2) is 0 Å². The third-order valence-corrected chi connectivity index (χ3v) is 8.81. The van der Waals surface area contributed by atoms with Crippen LogP contribution in [-0.4, -0.2) is 122 Å². The number of aliphatic carboxylic acids is 1. The van der Waals surface area contributed by atoms with Crippen LogP contribution in [0, 0.1) is 18.3 Å². The number of carboxylic acids is 1. The van der Waals surface area contributed by atoms with Crippen molar-refractivity contribution in [1.82, 2.24) is 20.5 Å². The number of rotatable bonds is 21. The number of aryl methyl sites for hydroxylation is 1. The highest BCUT2D eigenvalue weighted by atomic mass is 32.1. The lowest BCUT2D eigenvalue weighted by atomic mass is 9.85. The van der Waals surface area contributed by atoms with E-state index in [1.54, 1.807) is 11.3 Å². The van der Waals surface area contributed by atoms with E-state index in [4.69, 9.17) is 24.1 Å². The molecule has 15 heteroatoms. The molecular formula is C34H50N4O10S. The van der Waals surface area contributed by atoms with Gasteiger partial charge in [-0.2, -0.15) is 0 Å². The number of aliphatic hydroxyl groups excluding tert-OH is 1. The van der Waals surface area contributed by atoms with Gasteiger partial charge < -0.3 is 44.7 Å². The lowest BCUT2D eigenvalue weighted by Gasteiger charge is -2.33. The van der Waals surface area contributed by atoms with E-state index in [9.17, 15) is 24.3 Å². The molecule has 2 heterocycles. The van der Waals surface area contributed by atoms with Gasteiger partial charge in [-0.1, -0.05) is 45.0 Å². The van der Waals surface area contributed by atoms with Crippen LogP contribution in [0.5, 0.6) is 0 Å². The van der Waals surface area contributed by atoms with E-state index in [-0.39, 0.29) is 70.0 Å². The lowest BCUT2D eigenvalue weighted by molar-refractivity contribution is -0.139. The lowest BCUT2D eigenvalue weighted by Crippen LogP contribution is -2.54. The molecule has 49 heavy (non-hydrogen) atoms. The quantitative estimate of drug-likeness (QED) is 0.139. The molecule has 1 aliphatic rings. The summed E-state index contributed by atoms with van der Waals surface area (Å²) in [4.78, 5) is 56.6. The van der Waals surface area contributed by atoms with Gasteiger partial charge >= 0.3 is 5.97 Å². The largest absolute Gasteiger partial charge is 0.481 e. The predicted octanol–water partition coefficient (Wildman–Crippen LogP) is 2.02. The summed E-state index contributed by atoms with van der Waals surface area (Å²) >= 11 is 1.57. The van der Waals surface area contributed by atoms with Crippen molar-refractivity contribution < 1.29 is 48.3 Å². The number of benzene rings is 1. The molecule has 14 nitrogen and oxygen atoms in total. The molecule has 3 amide bonds. The molecule has 0 radical (unpaired) electrons. The number of aromatic nitrogens is 1. The minimum absolute atomic E-state index is 0.00299. The number of hydrogen-bond donors (Lipinski definition) is 4. The van der Waals surface area contributed by atoms with Gasteiger partial charge in [-0.15, -0.1) is 11.3 Å². The molecule has 1 fully saturated rings. The summed E-state index contributed by atoms with van der Waals surface area (Å²) in [6, 6.07) is 7.00. The number of nitrogens with zero attached hydrogens (tertiary/aromatic N) is 2. The van der Waals surface area contributed by atoms with Gasteiger partial charge in [0.25, 0.3) is 0 Å². The Bertz CT molecular complexity index is 1350. The zero-order valence-corrected chi connectivity index (χ0v) is 29.6. The van der Waals surface area contributed by atoms with Crippen LogP contribution in [0.25, 0.3) is 10.4 Å². The van der Waals surface area contributed by atoms with E-state index in [1.807, 2.05) is 57.5 Å². The van der Waals surface area contributed by atoms with Crippen molar-refractivity contribution in [3.63, 3.8) is 0 Å². The Hall–Kier alpha value is -3.47. The molecular weight excluding hydrogens is 656 g/mol. The number of ether oxygens (including phenoxy) is 4. The van der Waals surface area contributed by atoms with Crippen LogP contribution in [0.4, 0.5) is 0 Å². The van der Waals surface area contributed by atoms with Crippen LogP contribution in [0.1, 0.15) is 44.9 Å². The first kappa shape index (κ1) is 40.0. The molecule has 0 unspecified atom stereocenters. The van der Waals surface area contributed by atoms with E-state index in [2.05, 4.69) is 15.6 Å². The summed E-state index contributed by atoms with van der Waals surface area (Å²) in [7, 11) is 0. The fourth-order valence-corrected chi connectivity index (χ4v) is 5.86. The Balaban J connectivity index is 1.34. The van der Waals surface area contributed by atoms with E-state index in [1.165, 1.54) is 4.90 Å². The smallest absolute Gasteiger partial charge is 0.305 e. The zero-order valence-electron chi connectivity index (χ0n) is 28.8. The standard InChI is InChI=1S/C34H50N4O10S/c1-23-30(49-22-36-23)25-7-5-24(6-8-25)19-35-32(43)26-20-38(21-27(26)39)33(44)31(34(2,3)4)37-28(40)9-11-45-13-15-47-17-18-48-16-14-46-12-10-29(41)42/h5-8,22,26-27,31,39H,9-21H2,1-4H3,(H,35,43)(H,37,40)(H,41,42)/t26-,27-,31+/m0/s1. The Morgan fingerprint density at radius 2 is 1.49 bits per heavy atom. The fourth-order valence-electron chi connectivity index (χ4n) is 5.05. The minimum atomic E-state index is -1.02. The monoisotopic (exact) mass is 706 g/mol. The normalized spacial score (nSPS) is 16.8. The van der Waals surface area contributed by atoms with Crippen molar-refractivity contribution in [2.45, 2.75) is 59.2 Å². The van der Waals surface area contributed by atoms with Crippen LogP contribution in [0.15, 0.2) is 29.8 Å². The first-order chi connectivity index (χ1) is 23.4. The molecule has 2 aromatic rings. The van der Waals surface area contributed by atoms with Crippen molar-refractivity contribution in [3.05, 3.63) is 41.0 Å². The first-order valence-corrected chi connectivity index (χ1v) is 17.3. The molecule has 3 atom stereocenters. The van der Waals surface area contributed by atoms with Crippen molar-refractivity contribution in [3.8, 4) is 10.4 Å². The molecule has 1 aromatic carbocycles. The number of carboxylic acid groups (broad SMARTS) is 1. The Kier molecular flexibility index (Phi) is 16.5. The highest BCUT2D eigenvalue weighted by molar-refractivity contribution is 7.13. The molecule has 4 N–H and O–H groups in total. The fraction of sp³-hybridized carbons (Fsp3) is 0.618. The predicted molar refractivity (Wildman–Crippen MR) is 182 cm³/mol. The van der Waals surface area contributed by atoms with Gasteiger partial charge in [-0.05, 0) is 23.5 Å². The third kappa shape index (κ3) is 13.8. The van der Waals surface area contributed by atoms with Crippen LogP contribution < -0.4 is 10.6 Å². The van der Waals surface area contributed by atoms with E-state index < -0.39 is 29.4 Å². The number of nitrogens with one attached hydrogen (secondary N) is 2. The van der Waals surface area contributed by atoms with E-state index in [0.717, 1.165) is 21.7 Å². The van der Waals surface area contributed by atoms with Crippen molar-refractivity contribution in [2.24, 2.45) is 11.3 Å². The number of hydrogen-bond acceptors (Lipinski definition) is 11. The molecule has 0 spiro atoms. The molecule has 272 valence electrons. The van der Waals surface area contributed by atoms with Gasteiger partial charge in [0.2, 0.25) is 17.7 Å². The summed E-state index contributed by atoms with van der Waals surface area (Å²) in [5.74, 6) is -2.73. The van der Waals surface area contributed by atoms with Gasteiger partial charge in [0.05, 0.1) is 87.4 Å². The molecule has 0 bridgehead atoms. The van der Waals surface area contributed by atoms with Crippen LogP contribution >= 0.6 is 11.3 Å². The molecule has 0 saturated carbocycles. The second-order valence-corrected chi connectivity index (χ2v) is 13.7. The number of β-amino-alcohol motifs (C(OH)–C–C–N with tert-alkyl or cyclic N) is 1. The number of thiazole rings is 1. The van der Waals surface area contributed by atoms with Gasteiger partial charge in [-0.25, -0.2) is 4.98 Å². The minimum Gasteiger partial charge on any atom is -0.481 e. The van der Waals surface area contributed by atoms with Crippen molar-refractivity contribution >= 4 is 35.0 Å². The van der Waals surface area contributed by atoms with E-state index >= 15 is 0 Å². The number of amides is 3. The maximum atomic E-state index is 13.6.